The Bertz CT molecular complexity index is 1010. The van der Waals surface area contributed by atoms with Crippen molar-refractivity contribution in [2.45, 2.75) is 61.6 Å². The van der Waals surface area contributed by atoms with Crippen LogP contribution in [0.1, 0.15) is 51.2 Å². The second-order valence-electron chi connectivity index (χ2n) is 8.89. The minimum absolute atomic E-state index is 0.123. The van der Waals surface area contributed by atoms with Crippen molar-refractivity contribution in [2.24, 2.45) is 0 Å². The molecule has 0 spiro atoms. The third-order valence-corrected chi connectivity index (χ3v) is 7.66. The van der Waals surface area contributed by atoms with Crippen LogP contribution in [0.3, 0.4) is 0 Å². The maximum Gasteiger partial charge on any atom is 0.250 e. The number of nitrogens with one attached hydrogen (secondary N) is 2. The number of carbonyl (C=O) groups excluding carboxylic acids is 2. The highest BCUT2D eigenvalue weighted by Crippen LogP contribution is 2.58. The molecule has 2 N–H and O–H groups in total. The normalized spacial score (nSPS) is 31.8. The van der Waals surface area contributed by atoms with E-state index < -0.39 is 17.7 Å². The molecule has 2 aromatic rings. The van der Waals surface area contributed by atoms with Gasteiger partial charge in [-0.05, 0) is 55.8 Å². The number of hydrogen-bond acceptors (Lipinski definition) is 7. The average molecular weight is 431 g/mol. The Kier molecular flexibility index (Phi) is 4.04. The Balaban J connectivity index is 1.46. The van der Waals surface area contributed by atoms with Crippen LogP contribution < -0.4 is 5.32 Å². The number of carbonyl (C=O) groups is 2. The number of amides is 2. The molecule has 2 amide bonds. The van der Waals surface area contributed by atoms with Gasteiger partial charge in [-0.15, -0.1) is 16.9 Å². The van der Waals surface area contributed by atoms with Gasteiger partial charge < -0.3 is 9.80 Å². The van der Waals surface area contributed by atoms with Gasteiger partial charge in [0, 0.05) is 4.75 Å². The van der Waals surface area contributed by atoms with Crippen LogP contribution in [0.4, 0.5) is 4.39 Å². The molecule has 5 rings (SSSR count). The molecule has 0 radical (unpaired) electrons. The molecule has 3 fully saturated rings. The van der Waals surface area contributed by atoms with Crippen LogP contribution in [0.15, 0.2) is 24.3 Å². The number of aromatic nitrogens is 4. The number of hydrogen-bond donors (Lipinski definition) is 2. The summed E-state index contributed by atoms with van der Waals surface area (Å²) < 4.78 is 13.0. The summed E-state index contributed by atoms with van der Waals surface area (Å²) in [6, 6.07) is 4.35. The Morgan fingerprint density at radius 2 is 1.80 bits per heavy atom. The third-order valence-electron chi connectivity index (χ3n) is 6.10. The van der Waals surface area contributed by atoms with Crippen LogP contribution in [0.2, 0.25) is 0 Å². The summed E-state index contributed by atoms with van der Waals surface area (Å²) in [6.45, 7) is 7.86. The van der Waals surface area contributed by atoms with Gasteiger partial charge in [0.2, 0.25) is 11.8 Å². The van der Waals surface area contributed by atoms with Crippen LogP contribution in [0.5, 0.6) is 0 Å². The lowest BCUT2D eigenvalue weighted by Crippen LogP contribution is -2.71. The molecule has 0 bridgehead atoms. The van der Waals surface area contributed by atoms with Crippen molar-refractivity contribution in [3.8, 4) is 0 Å². The molecule has 0 aliphatic carbocycles. The van der Waals surface area contributed by atoms with E-state index in [9.17, 15) is 14.0 Å². The molecule has 11 heteroatoms. The van der Waals surface area contributed by atoms with Crippen LogP contribution in [-0.2, 0) is 9.59 Å². The highest BCUT2D eigenvalue weighted by atomic mass is 32.2. The van der Waals surface area contributed by atoms with Crippen molar-refractivity contribution in [3.05, 3.63) is 41.5 Å². The predicted octanol–water partition coefficient (Wildman–Crippen LogP) is 1.35. The van der Waals surface area contributed by atoms with E-state index in [1.165, 1.54) is 12.1 Å². The number of halogens is 1. The molecule has 1 aromatic heterocycles. The van der Waals surface area contributed by atoms with Gasteiger partial charge in [0.05, 0.1) is 5.66 Å². The monoisotopic (exact) mass is 431 g/mol. The molecule has 4 unspecified atom stereocenters. The zero-order valence-electron chi connectivity index (χ0n) is 17.0. The zero-order valence-corrected chi connectivity index (χ0v) is 17.8. The van der Waals surface area contributed by atoms with Crippen LogP contribution in [0, 0.1) is 5.82 Å². The van der Waals surface area contributed by atoms with Gasteiger partial charge in [0.25, 0.3) is 0 Å². The molecule has 4 heterocycles. The number of rotatable bonds is 3. The van der Waals surface area contributed by atoms with Crippen LogP contribution in [0.25, 0.3) is 0 Å². The molecule has 3 aliphatic rings. The molecule has 30 heavy (non-hydrogen) atoms. The van der Waals surface area contributed by atoms with E-state index in [0.717, 1.165) is 0 Å². The van der Waals surface area contributed by atoms with E-state index in [-0.39, 0.29) is 33.8 Å². The second-order valence-corrected chi connectivity index (χ2v) is 10.7. The zero-order chi connectivity index (χ0) is 21.4. The van der Waals surface area contributed by atoms with E-state index in [0.29, 0.717) is 11.4 Å². The second kappa shape index (κ2) is 6.24. The first-order chi connectivity index (χ1) is 14.1. The fraction of sp³-hybridized carbons (Fsp3) is 0.526. The first-order valence-corrected chi connectivity index (χ1v) is 10.6. The number of H-pyrrole nitrogens is 1. The predicted molar refractivity (Wildman–Crippen MR) is 106 cm³/mol. The van der Waals surface area contributed by atoms with Gasteiger partial charge in [0.1, 0.15) is 29.3 Å². The molecule has 1 aromatic carbocycles. The lowest BCUT2D eigenvalue weighted by Gasteiger charge is -2.50. The minimum Gasteiger partial charge on any atom is -0.314 e. The number of benzene rings is 1. The number of tetrazole rings is 1. The number of aromatic amines is 1. The molecule has 9 nitrogen and oxygen atoms in total. The van der Waals surface area contributed by atoms with E-state index in [1.807, 2.05) is 27.7 Å². The summed E-state index contributed by atoms with van der Waals surface area (Å²) >= 11 is 1.64. The fourth-order valence-electron chi connectivity index (χ4n) is 4.82. The first-order valence-electron chi connectivity index (χ1n) is 9.72. The molecule has 158 valence electrons. The molecule has 4 atom stereocenters. The summed E-state index contributed by atoms with van der Waals surface area (Å²) in [5.74, 6) is -0.131. The van der Waals surface area contributed by atoms with Crippen molar-refractivity contribution >= 4 is 23.6 Å². The minimum atomic E-state index is -0.737. The molecular weight excluding hydrogens is 409 g/mol. The molecule has 3 saturated heterocycles. The smallest absolute Gasteiger partial charge is 0.250 e. The number of nitrogens with zero attached hydrogens (tertiary/aromatic N) is 5. The summed E-state index contributed by atoms with van der Waals surface area (Å²) in [5.41, 5.74) is -0.0651. The van der Waals surface area contributed by atoms with Crippen molar-refractivity contribution in [1.82, 2.24) is 35.7 Å². The standard InChI is InChI=1S/C19H22FN7O2S/c1-18(2)13(14-22-24-25-23-14)26-16(29)12(17(26)30-18)27-15(28)11(21-19(27,3)4)9-5-7-10(20)8-6-9/h5-8,11-13,17,21H,1-4H3,(H,22,23,24,25). The first kappa shape index (κ1) is 19.4. The van der Waals surface area contributed by atoms with Gasteiger partial charge >= 0.3 is 0 Å². The Hall–Kier alpha value is -2.53. The van der Waals surface area contributed by atoms with Crippen molar-refractivity contribution in [1.29, 1.82) is 0 Å². The van der Waals surface area contributed by atoms with E-state index >= 15 is 0 Å². The van der Waals surface area contributed by atoms with Gasteiger partial charge in [-0.2, -0.15) is 0 Å². The summed E-state index contributed by atoms with van der Waals surface area (Å²) in [5, 5.41) is 17.2. The molecule has 3 aliphatic heterocycles. The van der Waals surface area contributed by atoms with Gasteiger partial charge in [0.15, 0.2) is 5.82 Å². The largest absolute Gasteiger partial charge is 0.314 e. The molecular formula is C19H22FN7O2S. The number of β-lactam (4-membered cyclic amide) rings is 1. The maximum absolute atomic E-state index is 13.4. The van der Waals surface area contributed by atoms with E-state index in [2.05, 4.69) is 25.9 Å². The molecule has 0 saturated carbocycles. The Morgan fingerprint density at radius 3 is 2.43 bits per heavy atom. The highest BCUT2D eigenvalue weighted by molar-refractivity contribution is 8.01. The lowest BCUT2D eigenvalue weighted by atomic mass is 9.93. The Labute approximate surface area is 176 Å². The van der Waals surface area contributed by atoms with Crippen molar-refractivity contribution < 1.29 is 14.0 Å². The summed E-state index contributed by atoms with van der Waals surface area (Å²) in [6.07, 6.45) is 0. The average Bonchev–Trinajstić information content (AvgIpc) is 3.33. The van der Waals surface area contributed by atoms with E-state index in [1.54, 1.807) is 33.7 Å². The third kappa shape index (κ3) is 2.61. The number of fused-ring (bicyclic) bond motifs is 1. The van der Waals surface area contributed by atoms with Crippen LogP contribution >= 0.6 is 11.8 Å². The van der Waals surface area contributed by atoms with Crippen LogP contribution in [-0.4, -0.2) is 64.1 Å². The maximum atomic E-state index is 13.4. The van der Waals surface area contributed by atoms with Crippen molar-refractivity contribution in [2.75, 3.05) is 0 Å². The topological polar surface area (TPSA) is 107 Å². The quantitative estimate of drug-likeness (QED) is 0.707. The SMILES string of the molecule is CC1(C)SC2C(N3C(=O)C(c4ccc(F)cc4)NC3(C)C)C(=O)N2C1c1nnn[nH]1. The van der Waals surface area contributed by atoms with Gasteiger partial charge in [-0.3, -0.25) is 14.9 Å². The summed E-state index contributed by atoms with van der Waals surface area (Å²) in [4.78, 5) is 30.1. The lowest BCUT2D eigenvalue weighted by molar-refractivity contribution is -0.165. The fourth-order valence-corrected chi connectivity index (χ4v) is 6.51. The van der Waals surface area contributed by atoms with E-state index in [4.69, 9.17) is 0 Å². The summed E-state index contributed by atoms with van der Waals surface area (Å²) in [7, 11) is 0. The Morgan fingerprint density at radius 1 is 1.10 bits per heavy atom. The van der Waals surface area contributed by atoms with Crippen molar-refractivity contribution in [3.63, 3.8) is 0 Å². The number of thioether (sulfide) groups is 1. The van der Waals surface area contributed by atoms with Gasteiger partial charge in [-0.1, -0.05) is 12.1 Å². The van der Waals surface area contributed by atoms with Gasteiger partial charge in [-0.25, -0.2) is 9.49 Å². The highest BCUT2D eigenvalue weighted by Gasteiger charge is 2.67.